The molecule has 0 bridgehead atoms. The molecule has 3 aromatic rings. The van der Waals surface area contributed by atoms with Crippen LogP contribution >= 0.6 is 0 Å². The Bertz CT molecular complexity index is 1160. The van der Waals surface area contributed by atoms with Gasteiger partial charge in [-0.15, -0.1) is 0 Å². The van der Waals surface area contributed by atoms with Crippen LogP contribution < -0.4 is 10.1 Å². The minimum atomic E-state index is -0.647. The van der Waals surface area contributed by atoms with Gasteiger partial charge in [-0.05, 0) is 67.1 Å². The predicted molar refractivity (Wildman–Crippen MR) is 145 cm³/mol. The normalized spacial score (nSPS) is 12.5. The van der Waals surface area contributed by atoms with Crippen LogP contribution in [0.25, 0.3) is 0 Å². The Morgan fingerprint density at radius 2 is 1.61 bits per heavy atom. The fraction of sp³-hybridized carbons (Fsp3) is 0.355. The molecule has 2 atom stereocenters. The number of nitrogens with zero attached hydrogens (tertiary/aromatic N) is 1. The lowest BCUT2D eigenvalue weighted by Gasteiger charge is -2.32. The molecule has 0 aliphatic rings. The van der Waals surface area contributed by atoms with E-state index in [1.54, 1.807) is 12.0 Å². The number of nitrogens with one attached hydrogen (secondary N) is 1. The lowest BCUT2D eigenvalue weighted by Crippen LogP contribution is -2.52. The zero-order chi connectivity index (χ0) is 26.1. The molecule has 3 rings (SSSR count). The first-order chi connectivity index (χ1) is 17.3. The van der Waals surface area contributed by atoms with Gasteiger partial charge in [-0.2, -0.15) is 0 Å². The molecule has 0 saturated carbocycles. The highest BCUT2D eigenvalue weighted by molar-refractivity contribution is 5.89. The molecular weight excluding hydrogens is 448 g/mol. The Balaban J connectivity index is 1.99. The van der Waals surface area contributed by atoms with E-state index < -0.39 is 6.04 Å². The van der Waals surface area contributed by atoms with E-state index in [0.29, 0.717) is 13.0 Å². The number of aryl methyl sites for hydroxylation is 2. The van der Waals surface area contributed by atoms with Crippen LogP contribution in [0.4, 0.5) is 0 Å². The van der Waals surface area contributed by atoms with Gasteiger partial charge in [0.1, 0.15) is 11.8 Å². The van der Waals surface area contributed by atoms with Gasteiger partial charge >= 0.3 is 0 Å². The highest BCUT2D eigenvalue weighted by atomic mass is 16.5. The van der Waals surface area contributed by atoms with Gasteiger partial charge in [0, 0.05) is 19.0 Å². The van der Waals surface area contributed by atoms with Crippen molar-refractivity contribution in [2.24, 2.45) is 0 Å². The predicted octanol–water partition coefficient (Wildman–Crippen LogP) is 5.41. The van der Waals surface area contributed by atoms with Crippen LogP contribution in [0.1, 0.15) is 48.1 Å². The number of hydrogen-bond acceptors (Lipinski definition) is 3. The van der Waals surface area contributed by atoms with Gasteiger partial charge in [0.15, 0.2) is 0 Å². The SMILES string of the molecule is CC[C@@H](C)NC(=O)[C@@H](Cc1ccccc1)N(Cc1cccc(OC)c1)C(=O)Cc1ccc(C)c(C)c1. The Hall–Kier alpha value is -3.60. The number of methoxy groups -OCH3 is 1. The van der Waals surface area contributed by atoms with Crippen molar-refractivity contribution in [1.29, 1.82) is 0 Å². The Labute approximate surface area is 215 Å². The van der Waals surface area contributed by atoms with Gasteiger partial charge in [-0.1, -0.05) is 67.6 Å². The van der Waals surface area contributed by atoms with Crippen molar-refractivity contribution < 1.29 is 14.3 Å². The fourth-order valence-corrected chi connectivity index (χ4v) is 4.15. The molecule has 0 saturated heterocycles. The maximum absolute atomic E-state index is 13.9. The van der Waals surface area contributed by atoms with Crippen molar-refractivity contribution in [2.45, 2.75) is 65.6 Å². The summed E-state index contributed by atoms with van der Waals surface area (Å²) in [4.78, 5) is 29.2. The Kier molecular flexibility index (Phi) is 9.69. The van der Waals surface area contributed by atoms with Crippen LogP contribution in [-0.4, -0.2) is 35.9 Å². The number of carbonyl (C=O) groups is 2. The molecule has 0 unspecified atom stereocenters. The van der Waals surface area contributed by atoms with Crippen LogP contribution in [0.5, 0.6) is 5.75 Å². The maximum Gasteiger partial charge on any atom is 0.243 e. The van der Waals surface area contributed by atoms with Gasteiger partial charge in [-0.25, -0.2) is 0 Å². The molecule has 190 valence electrons. The van der Waals surface area contributed by atoms with Crippen molar-refractivity contribution in [3.8, 4) is 5.75 Å². The Morgan fingerprint density at radius 3 is 2.28 bits per heavy atom. The molecular formula is C31H38N2O3. The van der Waals surface area contributed by atoms with E-state index in [4.69, 9.17) is 4.74 Å². The molecule has 5 nitrogen and oxygen atoms in total. The number of rotatable bonds is 11. The van der Waals surface area contributed by atoms with E-state index in [1.165, 1.54) is 5.56 Å². The first-order valence-corrected chi connectivity index (χ1v) is 12.6. The highest BCUT2D eigenvalue weighted by Crippen LogP contribution is 2.20. The second-order valence-electron chi connectivity index (χ2n) is 9.49. The van der Waals surface area contributed by atoms with Gasteiger partial charge in [0.25, 0.3) is 0 Å². The average Bonchev–Trinajstić information content (AvgIpc) is 2.88. The molecule has 0 aliphatic heterocycles. The van der Waals surface area contributed by atoms with Crippen molar-refractivity contribution in [3.05, 3.63) is 101 Å². The van der Waals surface area contributed by atoms with Gasteiger partial charge < -0.3 is 15.0 Å². The number of amides is 2. The van der Waals surface area contributed by atoms with Crippen LogP contribution in [0, 0.1) is 13.8 Å². The van der Waals surface area contributed by atoms with Gasteiger partial charge in [0.05, 0.1) is 13.5 Å². The molecule has 0 spiro atoms. The summed E-state index contributed by atoms with van der Waals surface area (Å²) < 4.78 is 5.40. The largest absolute Gasteiger partial charge is 0.497 e. The number of ether oxygens (including phenoxy) is 1. The third kappa shape index (κ3) is 7.45. The molecule has 2 amide bonds. The summed E-state index contributed by atoms with van der Waals surface area (Å²) in [6, 6.07) is 23.0. The molecule has 0 radical (unpaired) electrons. The van der Waals surface area contributed by atoms with Crippen molar-refractivity contribution in [3.63, 3.8) is 0 Å². The Morgan fingerprint density at radius 1 is 0.889 bits per heavy atom. The summed E-state index contributed by atoms with van der Waals surface area (Å²) in [6.07, 6.45) is 1.48. The summed E-state index contributed by atoms with van der Waals surface area (Å²) in [7, 11) is 1.62. The van der Waals surface area contributed by atoms with Crippen LogP contribution in [0.15, 0.2) is 72.8 Å². The molecule has 0 aromatic heterocycles. The smallest absolute Gasteiger partial charge is 0.243 e. The monoisotopic (exact) mass is 486 g/mol. The van der Waals surface area contributed by atoms with E-state index in [1.807, 2.05) is 80.6 Å². The van der Waals surface area contributed by atoms with E-state index in [9.17, 15) is 9.59 Å². The fourth-order valence-electron chi connectivity index (χ4n) is 4.15. The zero-order valence-corrected chi connectivity index (χ0v) is 22.1. The first-order valence-electron chi connectivity index (χ1n) is 12.6. The molecule has 0 fully saturated rings. The lowest BCUT2D eigenvalue weighted by atomic mass is 10.00. The first kappa shape index (κ1) is 27.0. The second kappa shape index (κ2) is 12.9. The second-order valence-corrected chi connectivity index (χ2v) is 9.49. The van der Waals surface area contributed by atoms with Crippen LogP contribution in [0.2, 0.25) is 0 Å². The summed E-state index contributed by atoms with van der Waals surface area (Å²) in [5, 5.41) is 3.12. The number of hydrogen-bond donors (Lipinski definition) is 1. The average molecular weight is 487 g/mol. The standard InChI is InChI=1S/C31H38N2O3/c1-6-24(4)32-31(35)29(19-25-11-8-7-9-12-25)33(21-27-13-10-14-28(18-27)36-5)30(34)20-26-16-15-22(2)23(3)17-26/h7-18,24,29H,6,19-21H2,1-5H3,(H,32,35)/t24-,29-/m1/s1. The lowest BCUT2D eigenvalue weighted by molar-refractivity contribution is -0.141. The van der Waals surface area contributed by atoms with Gasteiger partial charge in [0.2, 0.25) is 11.8 Å². The topological polar surface area (TPSA) is 58.6 Å². The summed E-state index contributed by atoms with van der Waals surface area (Å²) in [5.41, 5.74) is 5.21. The van der Waals surface area contributed by atoms with Crippen molar-refractivity contribution in [2.75, 3.05) is 7.11 Å². The van der Waals surface area contributed by atoms with Crippen LogP contribution in [-0.2, 0) is 29.0 Å². The van der Waals surface area contributed by atoms with Crippen LogP contribution in [0.3, 0.4) is 0 Å². The number of carbonyl (C=O) groups excluding carboxylic acids is 2. The molecule has 36 heavy (non-hydrogen) atoms. The molecule has 1 N–H and O–H groups in total. The van der Waals surface area contributed by atoms with E-state index in [2.05, 4.69) is 25.2 Å². The highest BCUT2D eigenvalue weighted by Gasteiger charge is 2.31. The summed E-state index contributed by atoms with van der Waals surface area (Å²) in [6.45, 7) is 8.45. The minimum Gasteiger partial charge on any atom is -0.497 e. The van der Waals surface area contributed by atoms with Gasteiger partial charge in [-0.3, -0.25) is 9.59 Å². The van der Waals surface area contributed by atoms with Crippen molar-refractivity contribution in [1.82, 2.24) is 10.2 Å². The summed E-state index contributed by atoms with van der Waals surface area (Å²) in [5.74, 6) is 0.503. The quantitative estimate of drug-likeness (QED) is 0.394. The van der Waals surface area contributed by atoms with E-state index >= 15 is 0 Å². The third-order valence-electron chi connectivity index (χ3n) is 6.69. The van der Waals surface area contributed by atoms with E-state index in [0.717, 1.165) is 34.4 Å². The summed E-state index contributed by atoms with van der Waals surface area (Å²) >= 11 is 0. The minimum absolute atomic E-state index is 0.0179. The number of benzene rings is 3. The molecule has 3 aromatic carbocycles. The van der Waals surface area contributed by atoms with Crippen molar-refractivity contribution >= 4 is 11.8 Å². The molecule has 0 aliphatic carbocycles. The molecule has 5 heteroatoms. The third-order valence-corrected chi connectivity index (χ3v) is 6.69. The molecule has 0 heterocycles. The maximum atomic E-state index is 13.9. The zero-order valence-electron chi connectivity index (χ0n) is 22.1. The van der Waals surface area contributed by atoms with E-state index in [-0.39, 0.29) is 24.3 Å².